The highest BCUT2D eigenvalue weighted by Crippen LogP contribution is 2.34. The molecule has 3 rings (SSSR count). The van der Waals surface area contributed by atoms with Gasteiger partial charge in [0.15, 0.2) is 0 Å². The molecule has 1 aliphatic heterocycles. The van der Waals surface area contributed by atoms with Crippen molar-refractivity contribution in [2.75, 3.05) is 18.6 Å². The van der Waals surface area contributed by atoms with E-state index in [9.17, 15) is 14.4 Å². The number of halogens is 2. The van der Waals surface area contributed by atoms with Crippen LogP contribution >= 0.6 is 23.2 Å². The number of ether oxygens (including phenoxy) is 1. The van der Waals surface area contributed by atoms with Crippen molar-refractivity contribution in [1.82, 2.24) is 5.01 Å². The Bertz CT molecular complexity index is 976. The van der Waals surface area contributed by atoms with Gasteiger partial charge in [-0.15, -0.1) is 0 Å². The molecular formula is C20H17Cl2N3O4. The van der Waals surface area contributed by atoms with Crippen molar-refractivity contribution in [3.05, 3.63) is 64.1 Å². The second-order valence-corrected chi connectivity index (χ2v) is 7.44. The number of imide groups is 1. The number of benzene rings is 2. The first-order valence-corrected chi connectivity index (χ1v) is 9.31. The van der Waals surface area contributed by atoms with Crippen LogP contribution in [0.25, 0.3) is 0 Å². The van der Waals surface area contributed by atoms with Crippen molar-refractivity contribution in [3.63, 3.8) is 0 Å². The molecule has 0 aliphatic carbocycles. The van der Waals surface area contributed by atoms with E-state index in [4.69, 9.17) is 27.9 Å². The summed E-state index contributed by atoms with van der Waals surface area (Å²) in [5.74, 6) is -0.550. The Morgan fingerprint density at radius 3 is 2.17 bits per heavy atom. The number of hydrogen-bond acceptors (Lipinski definition) is 5. The highest BCUT2D eigenvalue weighted by Gasteiger charge is 2.49. The number of urea groups is 1. The number of carbonyl (C=O) groups is 3. The normalized spacial score (nSPS) is 18.2. The number of hydrogen-bond donors (Lipinski definition) is 0. The van der Waals surface area contributed by atoms with Crippen molar-refractivity contribution in [2.45, 2.75) is 6.92 Å². The maximum absolute atomic E-state index is 13.0. The Balaban J connectivity index is 1.99. The molecule has 0 aromatic heterocycles. The lowest BCUT2D eigenvalue weighted by molar-refractivity contribution is -0.147. The molecule has 2 aromatic rings. The van der Waals surface area contributed by atoms with Gasteiger partial charge in [-0.3, -0.25) is 9.59 Å². The van der Waals surface area contributed by atoms with Crippen molar-refractivity contribution in [3.8, 4) is 0 Å². The van der Waals surface area contributed by atoms with Gasteiger partial charge in [-0.05, 0) is 48.9 Å². The van der Waals surface area contributed by atoms with E-state index in [2.05, 4.69) is 5.10 Å². The molecule has 0 saturated carbocycles. The molecule has 1 aliphatic rings. The fourth-order valence-electron chi connectivity index (χ4n) is 3.06. The van der Waals surface area contributed by atoms with Crippen LogP contribution < -0.4 is 4.90 Å². The molecular weight excluding hydrogens is 417 g/mol. The van der Waals surface area contributed by atoms with Crippen LogP contribution in [0.1, 0.15) is 12.5 Å². The molecule has 1 unspecified atom stereocenters. The van der Waals surface area contributed by atoms with Crippen LogP contribution in [0.2, 0.25) is 10.0 Å². The summed E-state index contributed by atoms with van der Waals surface area (Å²) in [6.45, 7) is 1.54. The molecule has 29 heavy (non-hydrogen) atoms. The van der Waals surface area contributed by atoms with Crippen LogP contribution in [-0.2, 0) is 14.3 Å². The quantitative estimate of drug-likeness (QED) is 0.539. The number of esters is 1. The second-order valence-electron chi connectivity index (χ2n) is 6.57. The molecule has 150 valence electrons. The van der Waals surface area contributed by atoms with E-state index < -0.39 is 17.4 Å². The van der Waals surface area contributed by atoms with Crippen LogP contribution in [0.5, 0.6) is 0 Å². The van der Waals surface area contributed by atoms with E-state index in [1.165, 1.54) is 19.2 Å². The fourth-order valence-corrected chi connectivity index (χ4v) is 3.32. The van der Waals surface area contributed by atoms with Gasteiger partial charge in [0.05, 0.1) is 25.1 Å². The van der Waals surface area contributed by atoms with Crippen LogP contribution in [0.4, 0.5) is 10.5 Å². The summed E-state index contributed by atoms with van der Waals surface area (Å²) < 4.78 is 4.94. The molecule has 1 heterocycles. The zero-order valence-corrected chi connectivity index (χ0v) is 17.1. The van der Waals surface area contributed by atoms with Gasteiger partial charge < -0.3 is 4.74 Å². The molecule has 1 atom stereocenters. The van der Waals surface area contributed by atoms with Gasteiger partial charge in [-0.1, -0.05) is 35.3 Å². The van der Waals surface area contributed by atoms with E-state index in [1.807, 2.05) is 0 Å². The first kappa shape index (κ1) is 20.8. The highest BCUT2D eigenvalue weighted by molar-refractivity contribution is 6.31. The van der Waals surface area contributed by atoms with E-state index in [-0.39, 0.29) is 6.54 Å². The molecule has 0 spiro atoms. The second kappa shape index (κ2) is 8.23. The van der Waals surface area contributed by atoms with E-state index in [0.29, 0.717) is 33.4 Å². The number of methoxy groups -OCH3 is 1. The first-order valence-electron chi connectivity index (χ1n) is 8.55. The predicted octanol–water partition coefficient (Wildman–Crippen LogP) is 3.98. The molecule has 0 bridgehead atoms. The van der Waals surface area contributed by atoms with Crippen LogP contribution in [0.3, 0.4) is 0 Å². The Morgan fingerprint density at radius 2 is 1.66 bits per heavy atom. The lowest BCUT2D eigenvalue weighted by Crippen LogP contribution is -2.44. The van der Waals surface area contributed by atoms with Crippen LogP contribution in [0, 0.1) is 5.41 Å². The van der Waals surface area contributed by atoms with Crippen molar-refractivity contribution >= 4 is 53.0 Å². The smallest absolute Gasteiger partial charge is 0.351 e. The van der Waals surface area contributed by atoms with Gasteiger partial charge in [0.25, 0.3) is 0 Å². The van der Waals surface area contributed by atoms with Crippen molar-refractivity contribution < 1.29 is 19.1 Å². The number of amides is 3. The van der Waals surface area contributed by atoms with Gasteiger partial charge in [0, 0.05) is 10.0 Å². The number of hydrazone groups is 1. The molecule has 2 aromatic carbocycles. The summed E-state index contributed by atoms with van der Waals surface area (Å²) in [6.07, 6.45) is 0.386. The molecule has 0 radical (unpaired) electrons. The monoisotopic (exact) mass is 433 g/mol. The third kappa shape index (κ3) is 3.97. The summed E-state index contributed by atoms with van der Waals surface area (Å²) >= 11 is 11.8. The van der Waals surface area contributed by atoms with Crippen LogP contribution in [0.15, 0.2) is 53.6 Å². The lowest BCUT2D eigenvalue weighted by Gasteiger charge is -2.25. The number of carbonyl (C=O) groups excluding carboxylic acids is 3. The summed E-state index contributed by atoms with van der Waals surface area (Å²) in [7, 11) is 1.27. The lowest BCUT2D eigenvalue weighted by atomic mass is 9.82. The maximum atomic E-state index is 13.0. The Hall–Kier alpha value is -2.90. The number of nitrogens with zero attached hydrogens (tertiary/aromatic N) is 3. The molecule has 9 heteroatoms. The molecule has 3 amide bonds. The summed E-state index contributed by atoms with van der Waals surface area (Å²) in [5.41, 5.74) is 0.0645. The molecule has 7 nitrogen and oxygen atoms in total. The maximum Gasteiger partial charge on any atom is 0.351 e. The van der Waals surface area contributed by atoms with Crippen LogP contribution in [-0.4, -0.2) is 42.8 Å². The van der Waals surface area contributed by atoms with E-state index >= 15 is 0 Å². The summed E-state index contributed by atoms with van der Waals surface area (Å²) in [4.78, 5) is 38.0. The van der Waals surface area contributed by atoms with E-state index in [1.54, 1.807) is 43.3 Å². The van der Waals surface area contributed by atoms with Crippen molar-refractivity contribution in [2.24, 2.45) is 10.5 Å². The minimum Gasteiger partial charge on any atom is -0.468 e. The Kier molecular flexibility index (Phi) is 5.91. The molecule has 0 N–H and O–H groups in total. The standard InChI is InChI=1S/C20H17Cl2N3O4/c1-20(18(27)29-2)11-25(23-17(20)13-3-5-14(21)6-4-13)19(28)24(12-26)16-9-7-15(22)8-10-16/h3-10,12H,11H2,1-2H3. The van der Waals surface area contributed by atoms with Gasteiger partial charge in [-0.2, -0.15) is 5.10 Å². The predicted molar refractivity (Wildman–Crippen MR) is 110 cm³/mol. The minimum atomic E-state index is -1.22. The zero-order valence-electron chi connectivity index (χ0n) is 15.6. The fraction of sp³-hybridized carbons (Fsp3) is 0.200. The summed E-state index contributed by atoms with van der Waals surface area (Å²) in [5, 5.41) is 6.42. The highest BCUT2D eigenvalue weighted by atomic mass is 35.5. The van der Waals surface area contributed by atoms with E-state index in [0.717, 1.165) is 9.91 Å². The molecule has 0 fully saturated rings. The number of rotatable bonds is 4. The minimum absolute atomic E-state index is 0.0889. The van der Waals surface area contributed by atoms with Gasteiger partial charge in [0.2, 0.25) is 6.41 Å². The van der Waals surface area contributed by atoms with Gasteiger partial charge >= 0.3 is 12.0 Å². The van der Waals surface area contributed by atoms with Gasteiger partial charge in [-0.25, -0.2) is 14.7 Å². The number of anilines is 1. The average Bonchev–Trinajstić information content (AvgIpc) is 3.08. The van der Waals surface area contributed by atoms with Gasteiger partial charge in [0.1, 0.15) is 5.41 Å². The largest absolute Gasteiger partial charge is 0.468 e. The topological polar surface area (TPSA) is 79.3 Å². The molecule has 0 saturated heterocycles. The third-order valence-electron chi connectivity index (χ3n) is 4.60. The summed E-state index contributed by atoms with van der Waals surface area (Å²) in [6, 6.07) is 12.2. The Labute approximate surface area is 177 Å². The zero-order chi connectivity index (χ0) is 21.2. The SMILES string of the molecule is COC(=O)C1(C)CN(C(=O)N(C=O)c2ccc(Cl)cc2)N=C1c1ccc(Cl)cc1. The first-order chi connectivity index (χ1) is 13.8. The average molecular weight is 434 g/mol. The third-order valence-corrected chi connectivity index (χ3v) is 5.10. The Morgan fingerprint density at radius 1 is 1.10 bits per heavy atom. The van der Waals surface area contributed by atoms with Crippen molar-refractivity contribution in [1.29, 1.82) is 0 Å².